The SMILES string of the molecule is CC(C)(C)[C@H](NC(=O)C(F)(F)F)C(=O)N1C[C@@H]2CCC[C@@H]2[C@@H]1C(=O)N[C@H](/C=C(\F)S(C)(=O)=O)C[C@@H]1CCNC1=O. The second kappa shape index (κ2) is 11.6. The van der Waals surface area contributed by atoms with Crippen LogP contribution in [0.4, 0.5) is 17.6 Å². The molecule has 0 bridgehead atoms. The molecule has 0 aromatic carbocycles. The Balaban J connectivity index is 1.91. The molecule has 15 heteroatoms. The Labute approximate surface area is 230 Å². The number of nitrogens with zero attached hydrogens (tertiary/aromatic N) is 1. The van der Waals surface area contributed by atoms with E-state index in [0.29, 0.717) is 38.1 Å². The summed E-state index contributed by atoms with van der Waals surface area (Å²) in [6.07, 6.45) is -1.55. The van der Waals surface area contributed by atoms with Crippen molar-refractivity contribution in [3.8, 4) is 0 Å². The van der Waals surface area contributed by atoms with Gasteiger partial charge < -0.3 is 20.9 Å². The van der Waals surface area contributed by atoms with E-state index < -0.39 is 68.4 Å². The van der Waals surface area contributed by atoms with Crippen molar-refractivity contribution in [3.05, 3.63) is 11.2 Å². The molecule has 3 fully saturated rings. The summed E-state index contributed by atoms with van der Waals surface area (Å²) in [5.41, 5.74) is -1.14. The number of alkyl halides is 3. The van der Waals surface area contributed by atoms with Gasteiger partial charge in [-0.1, -0.05) is 27.2 Å². The zero-order valence-corrected chi connectivity index (χ0v) is 23.6. The van der Waals surface area contributed by atoms with E-state index in [1.54, 1.807) is 5.32 Å². The molecule has 0 aromatic rings. The maximum Gasteiger partial charge on any atom is 0.471 e. The molecule has 1 saturated carbocycles. The van der Waals surface area contributed by atoms with Crippen LogP contribution in [-0.2, 0) is 29.0 Å². The fourth-order valence-electron chi connectivity index (χ4n) is 5.79. The predicted molar refractivity (Wildman–Crippen MR) is 135 cm³/mol. The summed E-state index contributed by atoms with van der Waals surface area (Å²) in [4.78, 5) is 52.4. The van der Waals surface area contributed by atoms with Gasteiger partial charge in [-0.25, -0.2) is 8.42 Å². The van der Waals surface area contributed by atoms with Gasteiger partial charge in [0, 0.05) is 25.3 Å². The molecule has 0 spiro atoms. The number of rotatable bonds is 8. The van der Waals surface area contributed by atoms with Crippen LogP contribution in [0.25, 0.3) is 0 Å². The van der Waals surface area contributed by atoms with Crippen LogP contribution in [0.2, 0.25) is 0 Å². The summed E-state index contributed by atoms with van der Waals surface area (Å²) in [6, 6.07) is -3.95. The highest BCUT2D eigenvalue weighted by molar-refractivity contribution is 7.94. The Morgan fingerprint density at radius 2 is 1.77 bits per heavy atom. The summed E-state index contributed by atoms with van der Waals surface area (Å²) in [6.45, 7) is 4.91. The zero-order chi connectivity index (χ0) is 30.2. The Hall–Kier alpha value is -2.71. The number of hydrogen-bond donors (Lipinski definition) is 3. The smallest absolute Gasteiger partial charge is 0.356 e. The monoisotopic (exact) mass is 596 g/mol. The molecule has 2 saturated heterocycles. The average molecular weight is 597 g/mol. The number of carbonyl (C=O) groups excluding carboxylic acids is 4. The van der Waals surface area contributed by atoms with E-state index in [1.165, 1.54) is 25.7 Å². The van der Waals surface area contributed by atoms with Crippen LogP contribution < -0.4 is 16.0 Å². The van der Waals surface area contributed by atoms with E-state index in [4.69, 9.17) is 0 Å². The number of hydrogen-bond acceptors (Lipinski definition) is 6. The summed E-state index contributed by atoms with van der Waals surface area (Å²) in [7, 11) is -4.24. The Bertz CT molecular complexity index is 1170. The quantitative estimate of drug-likeness (QED) is 0.364. The number of fused-ring (bicyclic) bond motifs is 1. The first-order valence-corrected chi connectivity index (χ1v) is 15.0. The fraction of sp³-hybridized carbons (Fsp3) is 0.760. The van der Waals surface area contributed by atoms with Crippen LogP contribution in [0.5, 0.6) is 0 Å². The van der Waals surface area contributed by atoms with Gasteiger partial charge >= 0.3 is 12.1 Å². The molecule has 3 aliphatic rings. The molecule has 3 rings (SSSR count). The minimum absolute atomic E-state index is 0.0826. The maximum absolute atomic E-state index is 14.5. The van der Waals surface area contributed by atoms with Crippen molar-refractivity contribution in [1.29, 1.82) is 0 Å². The minimum atomic E-state index is -5.22. The van der Waals surface area contributed by atoms with Crippen molar-refractivity contribution in [3.63, 3.8) is 0 Å². The molecule has 2 heterocycles. The molecule has 0 unspecified atom stereocenters. The predicted octanol–water partition coefficient (Wildman–Crippen LogP) is 1.57. The number of carbonyl (C=O) groups is 4. The van der Waals surface area contributed by atoms with Crippen molar-refractivity contribution in [2.75, 3.05) is 19.3 Å². The van der Waals surface area contributed by atoms with Gasteiger partial charge in [0.05, 0.1) is 6.04 Å². The number of sulfone groups is 1. The lowest BCUT2D eigenvalue weighted by Crippen LogP contribution is -2.60. The molecule has 10 nitrogen and oxygen atoms in total. The number of likely N-dealkylation sites (tertiary alicyclic amines) is 1. The molecule has 6 atom stereocenters. The molecule has 1 aliphatic carbocycles. The van der Waals surface area contributed by atoms with E-state index in [0.717, 1.165) is 6.42 Å². The third-order valence-corrected chi connectivity index (χ3v) is 8.65. The largest absolute Gasteiger partial charge is 0.471 e. The Morgan fingerprint density at radius 1 is 1.12 bits per heavy atom. The third kappa shape index (κ3) is 7.32. The molecule has 3 N–H and O–H groups in total. The summed E-state index contributed by atoms with van der Waals surface area (Å²) < 4.78 is 77.1. The van der Waals surface area contributed by atoms with Crippen LogP contribution >= 0.6 is 0 Å². The third-order valence-electron chi connectivity index (χ3n) is 7.80. The van der Waals surface area contributed by atoms with Crippen LogP contribution in [0.15, 0.2) is 11.2 Å². The fourth-order valence-corrected chi connectivity index (χ4v) is 6.20. The standard InChI is InChI=1S/C25H36F4N4O6S/c1-24(2,3)19(32-23(37)25(27,28)29)22(36)33-12-14-6-5-7-16(14)18(33)21(35)31-15(11-17(26)40(4,38)39)10-13-8-9-30-20(13)34/h11,13-16,18-19H,5-10,12H2,1-4H3,(H,30,34)(H,31,35)(H,32,37)/b17-11+/t13-,14-,15-,16-,18+,19+/m0/s1. The van der Waals surface area contributed by atoms with Crippen molar-refractivity contribution >= 4 is 33.5 Å². The van der Waals surface area contributed by atoms with Crippen LogP contribution in [-0.4, -0.2) is 80.6 Å². The maximum atomic E-state index is 14.5. The molecular formula is C25H36F4N4O6S. The second-order valence-corrected chi connectivity index (χ2v) is 13.9. The van der Waals surface area contributed by atoms with E-state index in [2.05, 4.69) is 10.6 Å². The summed E-state index contributed by atoms with van der Waals surface area (Å²) >= 11 is 0. The normalized spacial score (nSPS) is 27.1. The van der Waals surface area contributed by atoms with Gasteiger partial charge in [-0.15, -0.1) is 0 Å². The highest BCUT2D eigenvalue weighted by Gasteiger charge is 2.53. The van der Waals surface area contributed by atoms with Gasteiger partial charge in [0.15, 0.2) is 0 Å². The highest BCUT2D eigenvalue weighted by Crippen LogP contribution is 2.43. The molecule has 40 heavy (non-hydrogen) atoms. The van der Waals surface area contributed by atoms with E-state index >= 15 is 0 Å². The van der Waals surface area contributed by atoms with Gasteiger partial charge in [0.1, 0.15) is 12.1 Å². The molecule has 0 aromatic heterocycles. The Morgan fingerprint density at radius 3 is 2.30 bits per heavy atom. The first kappa shape index (κ1) is 31.8. The lowest BCUT2D eigenvalue weighted by molar-refractivity contribution is -0.176. The second-order valence-electron chi connectivity index (χ2n) is 11.9. The van der Waals surface area contributed by atoms with Gasteiger partial charge in [-0.05, 0) is 49.0 Å². The Kier molecular flexibility index (Phi) is 9.26. The molecule has 4 amide bonds. The molecule has 2 aliphatic heterocycles. The van der Waals surface area contributed by atoms with Crippen molar-refractivity contribution in [1.82, 2.24) is 20.9 Å². The van der Waals surface area contributed by atoms with Crippen molar-refractivity contribution < 1.29 is 45.2 Å². The molecule has 226 valence electrons. The van der Waals surface area contributed by atoms with Gasteiger partial charge in [-0.3, -0.25) is 19.2 Å². The lowest BCUT2D eigenvalue weighted by Gasteiger charge is -2.36. The minimum Gasteiger partial charge on any atom is -0.356 e. The number of amides is 4. The van der Waals surface area contributed by atoms with Crippen LogP contribution in [0.1, 0.15) is 52.9 Å². The zero-order valence-electron chi connectivity index (χ0n) is 22.8. The van der Waals surface area contributed by atoms with Crippen molar-refractivity contribution in [2.24, 2.45) is 23.2 Å². The van der Waals surface area contributed by atoms with Gasteiger partial charge in [-0.2, -0.15) is 17.6 Å². The van der Waals surface area contributed by atoms with Gasteiger partial charge in [0.25, 0.3) is 0 Å². The van der Waals surface area contributed by atoms with E-state index in [-0.39, 0.29) is 30.7 Å². The average Bonchev–Trinajstić information content (AvgIpc) is 3.50. The topological polar surface area (TPSA) is 142 Å². The number of halogens is 4. The van der Waals surface area contributed by atoms with E-state index in [9.17, 15) is 45.2 Å². The number of nitrogens with one attached hydrogen (secondary N) is 3. The van der Waals surface area contributed by atoms with Crippen molar-refractivity contribution in [2.45, 2.75) is 77.2 Å². The summed E-state index contributed by atoms with van der Waals surface area (Å²) in [5.74, 6) is -5.25. The first-order valence-electron chi connectivity index (χ1n) is 13.1. The van der Waals surface area contributed by atoms with Crippen LogP contribution in [0.3, 0.4) is 0 Å². The summed E-state index contributed by atoms with van der Waals surface area (Å²) in [5, 5.41) is 5.50. The van der Waals surface area contributed by atoms with Crippen LogP contribution in [0, 0.1) is 23.2 Å². The van der Waals surface area contributed by atoms with E-state index in [1.807, 2.05) is 0 Å². The highest BCUT2D eigenvalue weighted by atomic mass is 32.2. The molecule has 0 radical (unpaired) electrons. The first-order chi connectivity index (χ1) is 18.3. The van der Waals surface area contributed by atoms with Gasteiger partial charge in [0.2, 0.25) is 32.7 Å². The molecular weight excluding hydrogens is 560 g/mol. The lowest BCUT2D eigenvalue weighted by atomic mass is 9.85.